The molecule has 3 aromatic rings. The molecule has 0 atom stereocenters. The van der Waals surface area contributed by atoms with Gasteiger partial charge in [-0.2, -0.15) is 0 Å². The Morgan fingerprint density at radius 2 is 1.87 bits per heavy atom. The summed E-state index contributed by atoms with van der Waals surface area (Å²) in [6, 6.07) is 15.4. The average molecular weight is 406 g/mol. The van der Waals surface area contributed by atoms with E-state index in [9.17, 15) is 4.79 Å². The van der Waals surface area contributed by atoms with Gasteiger partial charge >= 0.3 is 0 Å². The molecule has 0 fully saturated rings. The van der Waals surface area contributed by atoms with Crippen LogP contribution in [0.15, 0.2) is 67.7 Å². The third kappa shape index (κ3) is 4.89. The number of amides is 1. The maximum atomic E-state index is 12.1. The number of halogens is 1. The van der Waals surface area contributed by atoms with Crippen molar-refractivity contribution in [3.8, 4) is 0 Å². The van der Waals surface area contributed by atoms with Gasteiger partial charge in [0.05, 0.1) is 6.42 Å². The molecule has 1 amide bonds. The van der Waals surface area contributed by atoms with Crippen molar-refractivity contribution >= 4 is 50.6 Å². The molecule has 0 aliphatic rings. The molecular formula is C16H12BrN3OS2. The molecule has 2 aromatic carbocycles. The van der Waals surface area contributed by atoms with Crippen LogP contribution in [-0.2, 0) is 11.2 Å². The van der Waals surface area contributed by atoms with Crippen molar-refractivity contribution in [2.24, 2.45) is 0 Å². The van der Waals surface area contributed by atoms with Gasteiger partial charge in [-0.05, 0) is 42.0 Å². The first kappa shape index (κ1) is 16.2. The molecule has 0 saturated carbocycles. The summed E-state index contributed by atoms with van der Waals surface area (Å²) < 4.78 is 1.90. The van der Waals surface area contributed by atoms with Crippen LogP contribution in [0.4, 0.5) is 5.69 Å². The first-order chi connectivity index (χ1) is 11.2. The lowest BCUT2D eigenvalue weighted by atomic mass is 10.1. The summed E-state index contributed by atoms with van der Waals surface area (Å²) in [4.78, 5) is 13.1. The summed E-state index contributed by atoms with van der Waals surface area (Å²) >= 11 is 6.44. The fourth-order valence-corrected chi connectivity index (χ4v) is 3.62. The fourth-order valence-electron chi connectivity index (χ4n) is 1.91. The predicted octanol–water partition coefficient (Wildman–Crippen LogP) is 4.63. The Morgan fingerprint density at radius 1 is 1.13 bits per heavy atom. The third-order valence-electron chi connectivity index (χ3n) is 2.96. The zero-order valence-electron chi connectivity index (χ0n) is 11.9. The Labute approximate surface area is 150 Å². The van der Waals surface area contributed by atoms with Gasteiger partial charge in [-0.1, -0.05) is 51.2 Å². The number of anilines is 1. The lowest BCUT2D eigenvalue weighted by molar-refractivity contribution is -0.115. The highest BCUT2D eigenvalue weighted by atomic mass is 79.9. The molecule has 0 spiro atoms. The number of rotatable bonds is 5. The predicted molar refractivity (Wildman–Crippen MR) is 96.9 cm³/mol. The largest absolute Gasteiger partial charge is 0.326 e. The van der Waals surface area contributed by atoms with Crippen molar-refractivity contribution in [2.75, 3.05) is 5.32 Å². The van der Waals surface area contributed by atoms with Crippen LogP contribution in [0.25, 0.3) is 0 Å². The van der Waals surface area contributed by atoms with Gasteiger partial charge in [0, 0.05) is 15.1 Å². The first-order valence-electron chi connectivity index (χ1n) is 6.77. The molecule has 0 radical (unpaired) electrons. The van der Waals surface area contributed by atoms with Crippen molar-refractivity contribution in [3.63, 3.8) is 0 Å². The normalized spacial score (nSPS) is 10.5. The Hall–Kier alpha value is -1.70. The number of nitrogens with one attached hydrogen (secondary N) is 1. The number of aromatic nitrogens is 2. The number of benzene rings is 2. The summed E-state index contributed by atoms with van der Waals surface area (Å²) in [5.41, 5.74) is 3.47. The van der Waals surface area contributed by atoms with Crippen molar-refractivity contribution < 1.29 is 4.79 Å². The van der Waals surface area contributed by atoms with Crippen LogP contribution in [0.2, 0.25) is 0 Å². The maximum absolute atomic E-state index is 12.1. The van der Waals surface area contributed by atoms with E-state index in [1.807, 2.05) is 48.5 Å². The van der Waals surface area contributed by atoms with Crippen molar-refractivity contribution in [1.29, 1.82) is 0 Å². The van der Waals surface area contributed by atoms with E-state index in [-0.39, 0.29) is 5.91 Å². The molecule has 1 heterocycles. The second kappa shape index (κ2) is 7.72. The van der Waals surface area contributed by atoms with Crippen LogP contribution in [0.3, 0.4) is 0 Å². The van der Waals surface area contributed by atoms with Crippen LogP contribution < -0.4 is 5.32 Å². The minimum absolute atomic E-state index is 0.0307. The number of hydrogen-bond acceptors (Lipinski definition) is 5. The molecule has 0 aliphatic heterocycles. The smallest absolute Gasteiger partial charge is 0.228 e. The van der Waals surface area contributed by atoms with Gasteiger partial charge in [0.25, 0.3) is 0 Å². The molecule has 4 nitrogen and oxygen atoms in total. The van der Waals surface area contributed by atoms with Crippen molar-refractivity contribution in [2.45, 2.75) is 15.7 Å². The quantitative estimate of drug-likeness (QED) is 0.671. The molecule has 0 bridgehead atoms. The molecule has 23 heavy (non-hydrogen) atoms. The molecular weight excluding hydrogens is 394 g/mol. The summed E-state index contributed by atoms with van der Waals surface area (Å²) in [6.07, 6.45) is 0.356. The Balaban J connectivity index is 1.57. The minimum Gasteiger partial charge on any atom is -0.326 e. The lowest BCUT2D eigenvalue weighted by Gasteiger charge is -2.06. The highest BCUT2D eigenvalue weighted by molar-refractivity contribution is 9.10. The Morgan fingerprint density at radius 3 is 2.52 bits per heavy atom. The van der Waals surface area contributed by atoms with E-state index in [1.165, 1.54) is 11.3 Å². The van der Waals surface area contributed by atoms with Crippen molar-refractivity contribution in [1.82, 2.24) is 10.2 Å². The highest BCUT2D eigenvalue weighted by Crippen LogP contribution is 2.29. The fraction of sp³-hybridized carbons (Fsp3) is 0.0625. The van der Waals surface area contributed by atoms with Gasteiger partial charge in [0.2, 0.25) is 5.91 Å². The highest BCUT2D eigenvalue weighted by Gasteiger charge is 2.05. The molecule has 1 N–H and O–H groups in total. The first-order valence-corrected chi connectivity index (χ1v) is 9.26. The standard InChI is InChI=1S/C16H12BrN3OS2/c17-12-3-1-11(2-4-12)9-15(21)19-13-5-7-14(8-6-13)23-16-20-18-10-22-16/h1-8,10H,9H2,(H,19,21). The van der Waals surface area contributed by atoms with Crippen LogP contribution in [0, 0.1) is 0 Å². The molecule has 3 rings (SSSR count). The van der Waals surface area contributed by atoms with E-state index in [2.05, 4.69) is 31.4 Å². The number of nitrogens with zero attached hydrogens (tertiary/aromatic N) is 2. The SMILES string of the molecule is O=C(Cc1ccc(Br)cc1)Nc1ccc(Sc2nncs2)cc1. The van der Waals surface area contributed by atoms with Crippen LogP contribution in [0.5, 0.6) is 0 Å². The van der Waals surface area contributed by atoms with Gasteiger partial charge in [0.15, 0.2) is 4.34 Å². The molecule has 116 valence electrons. The summed E-state index contributed by atoms with van der Waals surface area (Å²) in [6.45, 7) is 0. The zero-order chi connectivity index (χ0) is 16.1. The summed E-state index contributed by atoms with van der Waals surface area (Å²) in [5.74, 6) is -0.0307. The van der Waals surface area contributed by atoms with E-state index in [0.717, 1.165) is 25.0 Å². The molecule has 1 aromatic heterocycles. The average Bonchev–Trinajstić information content (AvgIpc) is 3.04. The van der Waals surface area contributed by atoms with E-state index >= 15 is 0 Å². The monoisotopic (exact) mass is 405 g/mol. The van der Waals surface area contributed by atoms with Gasteiger partial charge in [-0.3, -0.25) is 4.79 Å². The van der Waals surface area contributed by atoms with Crippen LogP contribution in [0.1, 0.15) is 5.56 Å². The van der Waals surface area contributed by atoms with Gasteiger partial charge in [-0.25, -0.2) is 0 Å². The molecule has 0 unspecified atom stereocenters. The summed E-state index contributed by atoms with van der Waals surface area (Å²) in [5, 5.41) is 10.7. The van der Waals surface area contributed by atoms with Gasteiger partial charge in [0.1, 0.15) is 5.51 Å². The zero-order valence-corrected chi connectivity index (χ0v) is 15.1. The number of carbonyl (C=O) groups is 1. The van der Waals surface area contributed by atoms with Crippen molar-refractivity contribution in [3.05, 3.63) is 64.1 Å². The van der Waals surface area contributed by atoms with Gasteiger partial charge in [-0.15, -0.1) is 10.2 Å². The minimum atomic E-state index is -0.0307. The Bertz CT molecular complexity index is 774. The van der Waals surface area contributed by atoms with E-state index < -0.39 is 0 Å². The number of hydrogen-bond donors (Lipinski definition) is 1. The number of carbonyl (C=O) groups excluding carboxylic acids is 1. The lowest BCUT2D eigenvalue weighted by Crippen LogP contribution is -2.14. The van der Waals surface area contributed by atoms with E-state index in [4.69, 9.17) is 0 Å². The van der Waals surface area contributed by atoms with Crippen LogP contribution >= 0.6 is 39.0 Å². The van der Waals surface area contributed by atoms with Gasteiger partial charge < -0.3 is 5.32 Å². The van der Waals surface area contributed by atoms with Crippen LogP contribution in [-0.4, -0.2) is 16.1 Å². The summed E-state index contributed by atoms with van der Waals surface area (Å²) in [7, 11) is 0. The second-order valence-electron chi connectivity index (χ2n) is 4.68. The van der Waals surface area contributed by atoms with E-state index in [0.29, 0.717) is 6.42 Å². The molecule has 7 heteroatoms. The second-order valence-corrected chi connectivity index (χ2v) is 7.75. The maximum Gasteiger partial charge on any atom is 0.228 e. The Kier molecular flexibility index (Phi) is 5.43. The topological polar surface area (TPSA) is 54.9 Å². The third-order valence-corrected chi connectivity index (χ3v) is 5.28. The van der Waals surface area contributed by atoms with E-state index in [1.54, 1.807) is 17.3 Å². The molecule has 0 saturated heterocycles. The molecule has 0 aliphatic carbocycles.